The van der Waals surface area contributed by atoms with Crippen LogP contribution in [0.15, 0.2) is 0 Å². The first-order chi connectivity index (χ1) is 4.66. The van der Waals surface area contributed by atoms with Crippen molar-refractivity contribution in [1.29, 1.82) is 0 Å². The van der Waals surface area contributed by atoms with Gasteiger partial charge in [-0.05, 0) is 6.92 Å². The first-order valence-electron chi connectivity index (χ1n) is 2.64. The Morgan fingerprint density at radius 3 is 2.40 bits per heavy atom. The molecule has 0 heterocycles. The third-order valence-electron chi connectivity index (χ3n) is 0.609. The van der Waals surface area contributed by atoms with Crippen LogP contribution in [-0.4, -0.2) is 24.6 Å². The van der Waals surface area contributed by atoms with Crippen LogP contribution in [0.4, 0.5) is 4.79 Å². The normalized spacial score (nSPS) is 8.60. The molecule has 0 aromatic heterocycles. The van der Waals surface area contributed by atoms with Crippen LogP contribution in [-0.2, 0) is 14.3 Å². The fourth-order valence-corrected chi connectivity index (χ4v) is 0.373. The molecule has 0 radical (unpaired) electrons. The third kappa shape index (κ3) is 5.37. The second kappa shape index (κ2) is 5.05. The molecule has 0 spiro atoms. The van der Waals surface area contributed by atoms with Gasteiger partial charge in [-0.15, -0.1) is 0 Å². The highest BCUT2D eigenvalue weighted by molar-refractivity contribution is 6.61. The molecule has 0 fully saturated rings. The van der Waals surface area contributed by atoms with E-state index in [4.69, 9.17) is 11.6 Å². The van der Waals surface area contributed by atoms with Gasteiger partial charge in [0.05, 0.1) is 6.61 Å². The predicted molar refractivity (Wildman–Crippen MR) is 33.8 cm³/mol. The van der Waals surface area contributed by atoms with Crippen LogP contribution < -0.4 is 0 Å². The summed E-state index contributed by atoms with van der Waals surface area (Å²) in [6.07, 6.45) is 0. The molecule has 0 bridgehead atoms. The summed E-state index contributed by atoms with van der Waals surface area (Å²) in [7, 11) is 0. The molecule has 0 unspecified atom stereocenters. The van der Waals surface area contributed by atoms with Gasteiger partial charge < -0.3 is 9.47 Å². The van der Waals surface area contributed by atoms with E-state index in [1.54, 1.807) is 6.92 Å². The average molecular weight is 167 g/mol. The Bertz CT molecular complexity index is 134. The standard InChI is InChI=1S/C5H7ClO4/c1-2-9-4(7)3-10-5(6)8/h2-3H2,1H3. The second-order valence-electron chi connectivity index (χ2n) is 1.33. The van der Waals surface area contributed by atoms with Crippen molar-refractivity contribution in [2.24, 2.45) is 0 Å². The fourth-order valence-electron chi connectivity index (χ4n) is 0.318. The molecule has 0 aromatic carbocycles. The number of hydrogen-bond acceptors (Lipinski definition) is 4. The Kier molecular flexibility index (Phi) is 4.66. The van der Waals surface area contributed by atoms with Crippen molar-refractivity contribution in [3.8, 4) is 0 Å². The van der Waals surface area contributed by atoms with Crippen molar-refractivity contribution in [1.82, 2.24) is 0 Å². The van der Waals surface area contributed by atoms with Gasteiger partial charge in [0.2, 0.25) is 0 Å². The van der Waals surface area contributed by atoms with E-state index in [0.29, 0.717) is 0 Å². The van der Waals surface area contributed by atoms with Crippen molar-refractivity contribution >= 4 is 23.0 Å². The maximum Gasteiger partial charge on any atom is 0.404 e. The quantitative estimate of drug-likeness (QED) is 0.462. The minimum atomic E-state index is -1.01. The Balaban J connectivity index is 3.30. The Morgan fingerprint density at radius 2 is 2.00 bits per heavy atom. The SMILES string of the molecule is CCOC(=O)COC(=O)Cl. The highest BCUT2D eigenvalue weighted by Crippen LogP contribution is 1.87. The lowest BCUT2D eigenvalue weighted by Gasteiger charge is -1.99. The second-order valence-corrected chi connectivity index (χ2v) is 1.64. The van der Waals surface area contributed by atoms with Crippen molar-refractivity contribution in [2.45, 2.75) is 6.92 Å². The summed E-state index contributed by atoms with van der Waals surface area (Å²) in [5, 5.41) is 0. The summed E-state index contributed by atoms with van der Waals surface area (Å²) in [5.74, 6) is -0.600. The molecule has 4 nitrogen and oxygen atoms in total. The molecule has 0 aliphatic heterocycles. The summed E-state index contributed by atoms with van der Waals surface area (Å²) in [6.45, 7) is 1.50. The van der Waals surface area contributed by atoms with Crippen molar-refractivity contribution < 1.29 is 19.1 Å². The minimum absolute atomic E-state index is 0.263. The largest absolute Gasteiger partial charge is 0.463 e. The lowest BCUT2D eigenvalue weighted by Crippen LogP contribution is -2.13. The van der Waals surface area contributed by atoms with Crippen LogP contribution in [0.25, 0.3) is 0 Å². The molecule has 0 amide bonds. The van der Waals surface area contributed by atoms with E-state index in [1.165, 1.54) is 0 Å². The maximum atomic E-state index is 10.4. The van der Waals surface area contributed by atoms with Crippen molar-refractivity contribution in [3.05, 3.63) is 0 Å². The summed E-state index contributed by atoms with van der Waals surface area (Å²) in [5.41, 5.74) is -1.01. The molecule has 0 saturated carbocycles. The Morgan fingerprint density at radius 1 is 1.40 bits per heavy atom. The molecule has 0 aliphatic carbocycles. The van der Waals surface area contributed by atoms with Crippen LogP contribution in [0, 0.1) is 0 Å². The lowest BCUT2D eigenvalue weighted by atomic mass is 10.7. The molecular weight excluding hydrogens is 160 g/mol. The van der Waals surface area contributed by atoms with Crippen molar-refractivity contribution in [2.75, 3.05) is 13.2 Å². The topological polar surface area (TPSA) is 52.6 Å². The minimum Gasteiger partial charge on any atom is -0.463 e. The number of hydrogen-bond donors (Lipinski definition) is 0. The van der Waals surface area contributed by atoms with Crippen LogP contribution >= 0.6 is 11.6 Å². The molecule has 0 aliphatic rings. The predicted octanol–water partition coefficient (Wildman–Crippen LogP) is 0.925. The van der Waals surface area contributed by atoms with E-state index in [9.17, 15) is 9.59 Å². The zero-order valence-electron chi connectivity index (χ0n) is 5.43. The molecular formula is C5H7ClO4. The highest BCUT2D eigenvalue weighted by Gasteiger charge is 2.03. The van der Waals surface area contributed by atoms with Gasteiger partial charge in [0.25, 0.3) is 0 Å². The van der Waals surface area contributed by atoms with Gasteiger partial charge in [-0.2, -0.15) is 0 Å². The van der Waals surface area contributed by atoms with E-state index in [1.807, 2.05) is 0 Å². The van der Waals surface area contributed by atoms with Gasteiger partial charge in [-0.1, -0.05) is 0 Å². The monoisotopic (exact) mass is 166 g/mol. The van der Waals surface area contributed by atoms with E-state index < -0.39 is 18.0 Å². The molecule has 5 heteroatoms. The fraction of sp³-hybridized carbons (Fsp3) is 0.600. The zero-order chi connectivity index (χ0) is 7.98. The number of carbonyl (C=O) groups excluding carboxylic acids is 2. The Hall–Kier alpha value is -0.770. The molecule has 58 valence electrons. The van der Waals surface area contributed by atoms with Crippen LogP contribution in [0.1, 0.15) is 6.92 Å². The van der Waals surface area contributed by atoms with Gasteiger partial charge in [0, 0.05) is 11.6 Å². The van der Waals surface area contributed by atoms with Gasteiger partial charge in [0.15, 0.2) is 6.61 Å². The van der Waals surface area contributed by atoms with Crippen molar-refractivity contribution in [3.63, 3.8) is 0 Å². The summed E-state index contributed by atoms with van der Waals surface area (Å²) < 4.78 is 8.53. The maximum absolute atomic E-state index is 10.4. The third-order valence-corrected chi connectivity index (χ3v) is 0.718. The number of ether oxygens (including phenoxy) is 2. The van der Waals surface area contributed by atoms with E-state index in [0.717, 1.165) is 0 Å². The van der Waals surface area contributed by atoms with E-state index in [-0.39, 0.29) is 6.61 Å². The number of carbonyl (C=O) groups is 2. The molecule has 0 saturated heterocycles. The number of halogens is 1. The smallest absolute Gasteiger partial charge is 0.404 e. The van der Waals surface area contributed by atoms with Crippen LogP contribution in [0.3, 0.4) is 0 Å². The lowest BCUT2D eigenvalue weighted by molar-refractivity contribution is -0.146. The summed E-state index contributed by atoms with van der Waals surface area (Å²) in [4.78, 5) is 20.3. The number of esters is 1. The summed E-state index contributed by atoms with van der Waals surface area (Å²) >= 11 is 4.75. The molecule has 0 atom stereocenters. The average Bonchev–Trinajstić information content (AvgIpc) is 1.85. The van der Waals surface area contributed by atoms with Crippen LogP contribution in [0.5, 0.6) is 0 Å². The van der Waals surface area contributed by atoms with Gasteiger partial charge in [-0.25, -0.2) is 9.59 Å². The van der Waals surface area contributed by atoms with Gasteiger partial charge >= 0.3 is 11.4 Å². The first kappa shape index (κ1) is 9.23. The Labute approximate surface area is 63.1 Å². The summed E-state index contributed by atoms with van der Waals surface area (Å²) in [6, 6.07) is 0. The molecule has 10 heavy (non-hydrogen) atoms. The first-order valence-corrected chi connectivity index (χ1v) is 3.02. The van der Waals surface area contributed by atoms with E-state index in [2.05, 4.69) is 9.47 Å². The van der Waals surface area contributed by atoms with Gasteiger partial charge in [0.1, 0.15) is 0 Å². The van der Waals surface area contributed by atoms with Gasteiger partial charge in [-0.3, -0.25) is 0 Å². The molecule has 0 N–H and O–H groups in total. The van der Waals surface area contributed by atoms with E-state index >= 15 is 0 Å². The highest BCUT2D eigenvalue weighted by atomic mass is 35.5. The zero-order valence-corrected chi connectivity index (χ0v) is 6.18. The molecule has 0 aromatic rings. The van der Waals surface area contributed by atoms with Crippen LogP contribution in [0.2, 0.25) is 0 Å². The molecule has 0 rings (SSSR count). The number of rotatable bonds is 3.